The SMILES string of the molecule is Cc1cc2nc(N3CCCCC3)c(C3CCCN3c3ncnc(N)c3C#N)cc2cc1-c1c(C)noc1C. The Morgan fingerprint density at radius 2 is 1.82 bits per heavy atom. The van der Waals surface area contributed by atoms with Crippen LogP contribution in [0.5, 0.6) is 0 Å². The monoisotopic (exact) mass is 508 g/mol. The predicted molar refractivity (Wildman–Crippen MR) is 148 cm³/mol. The predicted octanol–water partition coefficient (Wildman–Crippen LogP) is 5.39. The lowest BCUT2D eigenvalue weighted by Crippen LogP contribution is -2.33. The number of hydrogen-bond acceptors (Lipinski definition) is 9. The minimum Gasteiger partial charge on any atom is -0.382 e. The molecule has 2 aliphatic rings. The zero-order valence-corrected chi connectivity index (χ0v) is 22.2. The number of rotatable bonds is 4. The molecule has 9 heteroatoms. The highest BCUT2D eigenvalue weighted by molar-refractivity contribution is 5.89. The van der Waals surface area contributed by atoms with Crippen LogP contribution in [0.2, 0.25) is 0 Å². The van der Waals surface area contributed by atoms with Crippen LogP contribution < -0.4 is 15.5 Å². The minimum atomic E-state index is 0.0362. The first kappa shape index (κ1) is 24.2. The molecule has 0 radical (unpaired) electrons. The van der Waals surface area contributed by atoms with Crippen LogP contribution in [0.25, 0.3) is 22.0 Å². The smallest absolute Gasteiger partial charge is 0.152 e. The van der Waals surface area contributed by atoms with Crippen LogP contribution in [0.1, 0.15) is 66.3 Å². The number of nitrogens with zero attached hydrogens (tertiary/aromatic N) is 7. The van der Waals surface area contributed by atoms with Crippen molar-refractivity contribution in [3.63, 3.8) is 0 Å². The van der Waals surface area contributed by atoms with Crippen LogP contribution in [0.4, 0.5) is 17.5 Å². The maximum Gasteiger partial charge on any atom is 0.152 e. The molecule has 0 saturated carbocycles. The molecule has 2 aliphatic heterocycles. The lowest BCUT2D eigenvalue weighted by molar-refractivity contribution is 0.393. The van der Waals surface area contributed by atoms with Crippen LogP contribution >= 0.6 is 0 Å². The van der Waals surface area contributed by atoms with Gasteiger partial charge in [-0.05, 0) is 82.2 Å². The van der Waals surface area contributed by atoms with Crippen LogP contribution in [0.3, 0.4) is 0 Å². The molecule has 3 aromatic heterocycles. The first-order valence-corrected chi connectivity index (χ1v) is 13.4. The molecular weight excluding hydrogens is 476 g/mol. The summed E-state index contributed by atoms with van der Waals surface area (Å²) in [4.78, 5) is 18.5. The maximum atomic E-state index is 9.84. The Balaban J connectivity index is 1.54. The molecule has 5 heterocycles. The molecule has 2 fully saturated rings. The molecule has 6 rings (SSSR count). The fourth-order valence-electron chi connectivity index (χ4n) is 6.13. The van der Waals surface area contributed by atoms with E-state index >= 15 is 0 Å². The molecule has 1 unspecified atom stereocenters. The van der Waals surface area contributed by atoms with Crippen molar-refractivity contribution in [1.82, 2.24) is 20.1 Å². The Hall–Kier alpha value is -4.19. The van der Waals surface area contributed by atoms with E-state index in [1.54, 1.807) is 0 Å². The number of nitriles is 1. The molecule has 9 nitrogen and oxygen atoms in total. The number of nitrogens with two attached hydrogens (primary N) is 1. The molecule has 1 atom stereocenters. The van der Waals surface area contributed by atoms with Gasteiger partial charge in [0.25, 0.3) is 0 Å². The summed E-state index contributed by atoms with van der Waals surface area (Å²) in [6, 6.07) is 8.96. The summed E-state index contributed by atoms with van der Waals surface area (Å²) in [7, 11) is 0. The van der Waals surface area contributed by atoms with E-state index in [0.29, 0.717) is 11.4 Å². The number of aromatic nitrogens is 4. The quantitative estimate of drug-likeness (QED) is 0.386. The van der Waals surface area contributed by atoms with Crippen molar-refractivity contribution in [2.24, 2.45) is 0 Å². The number of aryl methyl sites for hydroxylation is 3. The van der Waals surface area contributed by atoms with Gasteiger partial charge in [-0.2, -0.15) is 5.26 Å². The molecule has 0 spiro atoms. The highest BCUT2D eigenvalue weighted by atomic mass is 16.5. The second-order valence-electron chi connectivity index (χ2n) is 10.4. The van der Waals surface area contributed by atoms with Gasteiger partial charge in [-0.15, -0.1) is 0 Å². The number of hydrogen-bond donors (Lipinski definition) is 1. The van der Waals surface area contributed by atoms with Crippen LogP contribution in [-0.4, -0.2) is 39.7 Å². The number of benzene rings is 1. The van der Waals surface area contributed by atoms with Crippen LogP contribution in [0, 0.1) is 32.1 Å². The van der Waals surface area contributed by atoms with Gasteiger partial charge in [0.15, 0.2) is 5.82 Å². The number of nitrogen functional groups attached to an aromatic ring is 1. The first-order chi connectivity index (χ1) is 18.5. The molecule has 4 aromatic rings. The van der Waals surface area contributed by atoms with Crippen LogP contribution in [0.15, 0.2) is 29.0 Å². The van der Waals surface area contributed by atoms with Crippen molar-refractivity contribution in [2.75, 3.05) is 35.2 Å². The fraction of sp³-hybridized carbons (Fsp3) is 0.414. The normalized spacial score (nSPS) is 17.8. The van der Waals surface area contributed by atoms with Gasteiger partial charge < -0.3 is 20.1 Å². The number of anilines is 3. The van der Waals surface area contributed by atoms with E-state index in [9.17, 15) is 5.26 Å². The molecule has 0 aliphatic carbocycles. The fourth-order valence-corrected chi connectivity index (χ4v) is 6.13. The maximum absolute atomic E-state index is 9.84. The van der Waals surface area contributed by atoms with E-state index < -0.39 is 0 Å². The molecule has 0 amide bonds. The van der Waals surface area contributed by atoms with Gasteiger partial charge in [0.1, 0.15) is 35.4 Å². The third-order valence-electron chi connectivity index (χ3n) is 7.98. The van der Waals surface area contributed by atoms with E-state index in [2.05, 4.69) is 56.1 Å². The van der Waals surface area contributed by atoms with E-state index in [1.807, 2.05) is 13.8 Å². The largest absolute Gasteiger partial charge is 0.382 e. The topological polar surface area (TPSA) is 121 Å². The van der Waals surface area contributed by atoms with Gasteiger partial charge in [-0.3, -0.25) is 0 Å². The van der Waals surface area contributed by atoms with E-state index in [4.69, 9.17) is 15.2 Å². The molecule has 2 saturated heterocycles. The summed E-state index contributed by atoms with van der Waals surface area (Å²) < 4.78 is 5.49. The van der Waals surface area contributed by atoms with Crippen molar-refractivity contribution >= 4 is 28.4 Å². The molecule has 2 N–H and O–H groups in total. The van der Waals surface area contributed by atoms with E-state index in [1.165, 1.54) is 31.2 Å². The molecule has 38 heavy (non-hydrogen) atoms. The van der Waals surface area contributed by atoms with Gasteiger partial charge in [0, 0.05) is 36.1 Å². The average molecular weight is 509 g/mol. The van der Waals surface area contributed by atoms with Crippen LogP contribution in [-0.2, 0) is 0 Å². The molecular formula is C29H32N8O. The first-order valence-electron chi connectivity index (χ1n) is 13.4. The van der Waals surface area contributed by atoms with Gasteiger partial charge in [-0.25, -0.2) is 15.0 Å². The van der Waals surface area contributed by atoms with Gasteiger partial charge >= 0.3 is 0 Å². The van der Waals surface area contributed by atoms with Gasteiger partial charge in [0.05, 0.1) is 17.3 Å². The lowest BCUT2D eigenvalue weighted by atomic mass is 9.95. The summed E-state index contributed by atoms with van der Waals surface area (Å²) in [5, 5.41) is 15.1. The van der Waals surface area contributed by atoms with Crippen molar-refractivity contribution in [3.8, 4) is 17.2 Å². The summed E-state index contributed by atoms with van der Waals surface area (Å²) in [5.74, 6) is 2.68. The zero-order chi connectivity index (χ0) is 26.4. The lowest BCUT2D eigenvalue weighted by Gasteiger charge is -2.34. The highest BCUT2D eigenvalue weighted by Crippen LogP contribution is 2.43. The van der Waals surface area contributed by atoms with E-state index in [-0.39, 0.29) is 11.9 Å². The third-order valence-corrected chi connectivity index (χ3v) is 7.98. The summed E-state index contributed by atoms with van der Waals surface area (Å²) in [6.45, 7) is 8.86. The molecule has 0 bridgehead atoms. The Bertz CT molecular complexity index is 1540. The highest BCUT2D eigenvalue weighted by Gasteiger charge is 2.33. The number of piperidine rings is 1. The Labute approximate surface area is 222 Å². The Morgan fingerprint density at radius 3 is 2.55 bits per heavy atom. The Kier molecular flexibility index (Phi) is 6.10. The van der Waals surface area contributed by atoms with Crippen molar-refractivity contribution in [2.45, 2.75) is 58.9 Å². The Morgan fingerprint density at radius 1 is 1.00 bits per heavy atom. The third kappa shape index (κ3) is 4.01. The summed E-state index contributed by atoms with van der Waals surface area (Å²) >= 11 is 0. The summed E-state index contributed by atoms with van der Waals surface area (Å²) in [5.41, 5.74) is 12.8. The minimum absolute atomic E-state index is 0.0362. The average Bonchev–Trinajstić information content (AvgIpc) is 3.54. The zero-order valence-electron chi connectivity index (χ0n) is 22.2. The molecule has 1 aromatic carbocycles. The van der Waals surface area contributed by atoms with E-state index in [0.717, 1.165) is 77.3 Å². The summed E-state index contributed by atoms with van der Waals surface area (Å²) in [6.07, 6.45) is 6.97. The second kappa shape index (κ2) is 9.60. The number of fused-ring (bicyclic) bond motifs is 1. The second-order valence-corrected chi connectivity index (χ2v) is 10.4. The molecule has 194 valence electrons. The van der Waals surface area contributed by atoms with Gasteiger partial charge in [-0.1, -0.05) is 5.16 Å². The standard InChI is InChI=1S/C29H32N8O/c1-17-12-24-20(13-21(17)26-18(2)35-38-19(26)3)14-22(29(34-24)36-9-5-4-6-10-36)25-8-7-11-37(25)28-23(15-30)27(31)32-16-33-28/h12-14,16,25H,4-11H2,1-3H3,(H2,31,32,33). The number of pyridine rings is 1. The van der Waals surface area contributed by atoms with Crippen molar-refractivity contribution in [3.05, 3.63) is 52.7 Å². The van der Waals surface area contributed by atoms with Gasteiger partial charge in [0.2, 0.25) is 0 Å². The van der Waals surface area contributed by atoms with Crippen molar-refractivity contribution < 1.29 is 4.52 Å². The van der Waals surface area contributed by atoms with Crippen molar-refractivity contribution in [1.29, 1.82) is 5.26 Å².